The number of ether oxygens (including phenoxy) is 3. The Balaban J connectivity index is 1.45. The quantitative estimate of drug-likeness (QED) is 0.311. The third-order valence-corrected chi connectivity index (χ3v) is 6.48. The number of nitrogens with one attached hydrogen (secondary N) is 2. The Morgan fingerprint density at radius 1 is 1.11 bits per heavy atom. The zero-order chi connectivity index (χ0) is 26.2. The second kappa shape index (κ2) is 12.5. The standard InChI is InChI=1S/C27H24BrN3O5S/c1-3-35-20-11-9-19(10-12-20)30-27-31-26(33)23(37-27)15-17-13-21(28)25(22(14-17)34-2)36-16-24(32)29-18-7-5-4-6-8-18/h4-15H,3,16H2,1-2H3,(H,29,32)(H,30,31,33)/b23-15+. The summed E-state index contributed by atoms with van der Waals surface area (Å²) < 4.78 is 17.2. The van der Waals surface area contributed by atoms with Crippen molar-refractivity contribution in [1.82, 2.24) is 5.32 Å². The van der Waals surface area contributed by atoms with Crippen LogP contribution in [0.4, 0.5) is 11.4 Å². The minimum absolute atomic E-state index is 0.200. The van der Waals surface area contributed by atoms with Gasteiger partial charge in [0.25, 0.3) is 11.8 Å². The third kappa shape index (κ3) is 7.14. The van der Waals surface area contributed by atoms with Crippen molar-refractivity contribution < 1.29 is 23.8 Å². The van der Waals surface area contributed by atoms with Gasteiger partial charge in [-0.3, -0.25) is 9.59 Å². The van der Waals surface area contributed by atoms with Crippen LogP contribution in [0.2, 0.25) is 0 Å². The molecule has 0 aromatic heterocycles. The van der Waals surface area contributed by atoms with Gasteiger partial charge in [-0.1, -0.05) is 18.2 Å². The summed E-state index contributed by atoms with van der Waals surface area (Å²) in [6.07, 6.45) is 1.74. The van der Waals surface area contributed by atoms with E-state index in [0.29, 0.717) is 49.6 Å². The summed E-state index contributed by atoms with van der Waals surface area (Å²) in [6, 6.07) is 20.0. The van der Waals surface area contributed by atoms with Gasteiger partial charge in [0.05, 0.1) is 28.8 Å². The first-order valence-electron chi connectivity index (χ1n) is 11.3. The number of aliphatic imine (C=N–C) groups is 1. The minimum atomic E-state index is -0.301. The summed E-state index contributed by atoms with van der Waals surface area (Å²) in [5.74, 6) is 1.01. The zero-order valence-electron chi connectivity index (χ0n) is 20.1. The lowest BCUT2D eigenvalue weighted by Crippen LogP contribution is -2.20. The van der Waals surface area contributed by atoms with E-state index in [1.807, 2.05) is 49.4 Å². The van der Waals surface area contributed by atoms with Crippen molar-refractivity contribution in [3.05, 3.63) is 81.7 Å². The highest BCUT2D eigenvalue weighted by Crippen LogP contribution is 2.38. The van der Waals surface area contributed by atoms with Crippen molar-refractivity contribution in [2.45, 2.75) is 6.92 Å². The molecule has 0 bridgehead atoms. The molecule has 3 aromatic rings. The molecule has 4 rings (SSSR count). The van der Waals surface area contributed by atoms with Gasteiger partial charge in [-0.05, 0) is 94.8 Å². The number of thioether (sulfide) groups is 1. The lowest BCUT2D eigenvalue weighted by atomic mass is 10.2. The van der Waals surface area contributed by atoms with E-state index in [-0.39, 0.29) is 18.4 Å². The number of amides is 2. The number of para-hydroxylation sites is 1. The smallest absolute Gasteiger partial charge is 0.264 e. The lowest BCUT2D eigenvalue weighted by molar-refractivity contribution is -0.118. The molecule has 3 aromatic carbocycles. The third-order valence-electron chi connectivity index (χ3n) is 4.98. The summed E-state index contributed by atoms with van der Waals surface area (Å²) in [5, 5.41) is 6.03. The number of nitrogens with zero attached hydrogens (tertiary/aromatic N) is 1. The molecule has 10 heteroatoms. The first kappa shape index (κ1) is 26.3. The minimum Gasteiger partial charge on any atom is -0.494 e. The van der Waals surface area contributed by atoms with Crippen LogP contribution in [0.15, 0.2) is 81.1 Å². The van der Waals surface area contributed by atoms with Crippen LogP contribution in [-0.2, 0) is 9.59 Å². The predicted molar refractivity (Wildman–Crippen MR) is 150 cm³/mol. The highest BCUT2D eigenvalue weighted by Gasteiger charge is 2.24. The van der Waals surface area contributed by atoms with Crippen LogP contribution in [0.25, 0.3) is 6.08 Å². The van der Waals surface area contributed by atoms with Gasteiger partial charge >= 0.3 is 0 Å². The topological polar surface area (TPSA) is 98.3 Å². The fourth-order valence-corrected chi connectivity index (χ4v) is 4.77. The molecule has 8 nitrogen and oxygen atoms in total. The number of amidine groups is 1. The summed E-state index contributed by atoms with van der Waals surface area (Å²) in [6.45, 7) is 2.31. The molecule has 190 valence electrons. The molecule has 0 unspecified atom stereocenters. The fraction of sp³-hybridized carbons (Fsp3) is 0.148. The number of hydrogen-bond donors (Lipinski definition) is 2. The number of methoxy groups -OCH3 is 1. The largest absolute Gasteiger partial charge is 0.494 e. The molecule has 0 spiro atoms. The number of hydrogen-bond acceptors (Lipinski definition) is 7. The van der Waals surface area contributed by atoms with Crippen LogP contribution in [0.5, 0.6) is 17.2 Å². The molecule has 1 fully saturated rings. The van der Waals surface area contributed by atoms with Crippen LogP contribution in [0.1, 0.15) is 12.5 Å². The molecule has 1 aliphatic heterocycles. The van der Waals surface area contributed by atoms with Crippen molar-refractivity contribution in [2.75, 3.05) is 25.6 Å². The van der Waals surface area contributed by atoms with E-state index in [0.717, 1.165) is 5.75 Å². The number of benzene rings is 3. The molecule has 0 atom stereocenters. The highest BCUT2D eigenvalue weighted by molar-refractivity contribution is 9.10. The van der Waals surface area contributed by atoms with E-state index >= 15 is 0 Å². The van der Waals surface area contributed by atoms with Crippen molar-refractivity contribution in [1.29, 1.82) is 0 Å². The van der Waals surface area contributed by atoms with Crippen LogP contribution in [-0.4, -0.2) is 37.3 Å². The van der Waals surface area contributed by atoms with Crippen molar-refractivity contribution in [3.8, 4) is 17.2 Å². The number of rotatable bonds is 9. The van der Waals surface area contributed by atoms with Gasteiger partial charge in [0.15, 0.2) is 23.3 Å². The summed E-state index contributed by atoms with van der Waals surface area (Å²) in [5.41, 5.74) is 2.10. The molecule has 1 heterocycles. The Hall–Kier alpha value is -3.76. The Bertz CT molecular complexity index is 1340. The van der Waals surface area contributed by atoms with Gasteiger partial charge in [0.2, 0.25) is 0 Å². The summed E-state index contributed by atoms with van der Waals surface area (Å²) in [7, 11) is 1.51. The van der Waals surface area contributed by atoms with E-state index in [4.69, 9.17) is 14.2 Å². The van der Waals surface area contributed by atoms with Gasteiger partial charge in [-0.15, -0.1) is 0 Å². The number of carbonyl (C=O) groups is 2. The van der Waals surface area contributed by atoms with Gasteiger partial charge in [0, 0.05) is 5.69 Å². The maximum atomic E-state index is 12.5. The molecule has 2 amide bonds. The average molecular weight is 582 g/mol. The molecule has 0 aliphatic carbocycles. The first-order chi connectivity index (χ1) is 17.9. The van der Waals surface area contributed by atoms with Gasteiger partial charge in [-0.25, -0.2) is 4.99 Å². The highest BCUT2D eigenvalue weighted by atomic mass is 79.9. The van der Waals surface area contributed by atoms with Gasteiger partial charge in [-0.2, -0.15) is 0 Å². The molecule has 1 aliphatic rings. The fourth-order valence-electron chi connectivity index (χ4n) is 3.35. The molecule has 2 N–H and O–H groups in total. The van der Waals surface area contributed by atoms with E-state index in [9.17, 15) is 9.59 Å². The average Bonchev–Trinajstić information content (AvgIpc) is 3.23. The zero-order valence-corrected chi connectivity index (χ0v) is 22.5. The van der Waals surface area contributed by atoms with Crippen molar-refractivity contribution >= 4 is 62.1 Å². The van der Waals surface area contributed by atoms with Crippen molar-refractivity contribution in [3.63, 3.8) is 0 Å². The Labute approximate surface area is 227 Å². The van der Waals surface area contributed by atoms with E-state index < -0.39 is 0 Å². The lowest BCUT2D eigenvalue weighted by Gasteiger charge is -2.13. The van der Waals surface area contributed by atoms with Gasteiger partial charge < -0.3 is 24.8 Å². The van der Waals surface area contributed by atoms with Gasteiger partial charge in [0.1, 0.15) is 5.75 Å². The summed E-state index contributed by atoms with van der Waals surface area (Å²) in [4.78, 5) is 29.8. The molecule has 0 saturated carbocycles. The second-order valence-corrected chi connectivity index (χ2v) is 9.53. The normalized spacial score (nSPS) is 14.9. The monoisotopic (exact) mass is 581 g/mol. The molecule has 0 radical (unpaired) electrons. The maximum absolute atomic E-state index is 12.5. The van der Waals surface area contributed by atoms with Crippen LogP contribution in [0.3, 0.4) is 0 Å². The predicted octanol–water partition coefficient (Wildman–Crippen LogP) is 5.77. The SMILES string of the molecule is CCOc1ccc(N=C2NC(=O)/C(=C\c3cc(Br)c(OCC(=O)Nc4ccccc4)c(OC)c3)S2)cc1. The molecular weight excluding hydrogens is 558 g/mol. The van der Waals surface area contributed by atoms with Crippen LogP contribution >= 0.6 is 27.7 Å². The summed E-state index contributed by atoms with van der Waals surface area (Å²) >= 11 is 4.73. The van der Waals surface area contributed by atoms with Crippen LogP contribution in [0, 0.1) is 0 Å². The van der Waals surface area contributed by atoms with Crippen molar-refractivity contribution in [2.24, 2.45) is 4.99 Å². The molecular formula is C27H24BrN3O5S. The van der Waals surface area contributed by atoms with E-state index in [1.165, 1.54) is 18.9 Å². The number of anilines is 1. The number of carbonyl (C=O) groups excluding carboxylic acids is 2. The molecule has 1 saturated heterocycles. The number of halogens is 1. The second-order valence-electron chi connectivity index (χ2n) is 7.65. The Kier molecular flexibility index (Phi) is 8.86. The van der Waals surface area contributed by atoms with Crippen LogP contribution < -0.4 is 24.8 Å². The Morgan fingerprint density at radius 2 is 1.86 bits per heavy atom. The first-order valence-corrected chi connectivity index (χ1v) is 12.9. The molecule has 37 heavy (non-hydrogen) atoms. The maximum Gasteiger partial charge on any atom is 0.264 e. The van der Waals surface area contributed by atoms with E-state index in [1.54, 1.807) is 30.3 Å². The Morgan fingerprint density at radius 3 is 2.57 bits per heavy atom. The van der Waals surface area contributed by atoms with E-state index in [2.05, 4.69) is 31.6 Å².